The van der Waals surface area contributed by atoms with Gasteiger partial charge in [-0.2, -0.15) is 10.2 Å². The van der Waals surface area contributed by atoms with Crippen molar-refractivity contribution >= 4 is 6.21 Å². The Hall–Kier alpha value is -1.45. The predicted molar refractivity (Wildman–Crippen MR) is 36.0 cm³/mol. The molecule has 4 nitrogen and oxygen atoms in total. The van der Waals surface area contributed by atoms with Gasteiger partial charge in [0.25, 0.3) is 0 Å². The predicted octanol–water partition coefficient (Wildman–Crippen LogP) is 0.479. The number of nitrogens with zero attached hydrogens (tertiary/aromatic N) is 3. The Kier molecular flexibility index (Phi) is 2.37. The number of rotatable bonds is 2. The summed E-state index contributed by atoms with van der Waals surface area (Å²) in [6.07, 6.45) is 5.21. The first-order valence-corrected chi connectivity index (χ1v) is 2.85. The summed E-state index contributed by atoms with van der Waals surface area (Å²) in [5, 5.41) is 18.2. The van der Waals surface area contributed by atoms with E-state index in [4.69, 9.17) is 5.21 Å². The molecule has 0 aliphatic carbocycles. The summed E-state index contributed by atoms with van der Waals surface area (Å²) < 4.78 is 0. The Balaban J connectivity index is 2.59. The molecule has 10 heavy (non-hydrogen) atoms. The van der Waals surface area contributed by atoms with Crippen molar-refractivity contribution in [2.75, 3.05) is 0 Å². The molecular weight excluding hydrogens is 130 g/mol. The first kappa shape index (κ1) is 6.67. The van der Waals surface area contributed by atoms with Crippen molar-refractivity contribution in [1.82, 2.24) is 10.2 Å². The van der Waals surface area contributed by atoms with Crippen LogP contribution >= 0.6 is 0 Å². The van der Waals surface area contributed by atoms with Crippen LogP contribution in [0.4, 0.5) is 0 Å². The molecule has 0 saturated heterocycles. The molecule has 0 spiro atoms. The quantitative estimate of drug-likeness (QED) is 0.366. The molecule has 0 atom stereocenters. The summed E-state index contributed by atoms with van der Waals surface area (Å²) in [7, 11) is 0. The number of aromatic nitrogens is 2. The van der Waals surface area contributed by atoms with Crippen LogP contribution in [-0.4, -0.2) is 21.6 Å². The lowest BCUT2D eigenvalue weighted by molar-refractivity contribution is 0.321. The molecule has 0 unspecified atom stereocenters. The lowest BCUT2D eigenvalue weighted by atomic mass is 10.2. The molecule has 1 N–H and O–H groups in total. The summed E-state index contributed by atoms with van der Waals surface area (Å²) in [5.74, 6) is 0. The van der Waals surface area contributed by atoms with E-state index < -0.39 is 0 Å². The van der Waals surface area contributed by atoms with Gasteiger partial charge >= 0.3 is 0 Å². The fourth-order valence-electron chi connectivity index (χ4n) is 0.585. The molecule has 1 heterocycles. The average molecular weight is 137 g/mol. The van der Waals surface area contributed by atoms with E-state index in [0.29, 0.717) is 6.42 Å². The largest absolute Gasteiger partial charge is 0.411 e. The third kappa shape index (κ3) is 1.81. The molecule has 0 aliphatic rings. The monoisotopic (exact) mass is 137 g/mol. The van der Waals surface area contributed by atoms with Gasteiger partial charge in [-0.05, 0) is 11.6 Å². The van der Waals surface area contributed by atoms with E-state index in [1.807, 2.05) is 6.07 Å². The molecule has 1 aromatic heterocycles. The molecule has 0 bridgehead atoms. The van der Waals surface area contributed by atoms with E-state index in [1.165, 1.54) is 6.21 Å². The Morgan fingerprint density at radius 2 is 2.50 bits per heavy atom. The third-order valence-corrected chi connectivity index (χ3v) is 1.05. The fourth-order valence-corrected chi connectivity index (χ4v) is 0.585. The van der Waals surface area contributed by atoms with Crippen LogP contribution in [0.15, 0.2) is 23.6 Å². The number of hydrogen-bond acceptors (Lipinski definition) is 4. The summed E-state index contributed by atoms with van der Waals surface area (Å²) in [4.78, 5) is 0. The van der Waals surface area contributed by atoms with Crippen LogP contribution < -0.4 is 0 Å². The average Bonchev–Trinajstić information content (AvgIpc) is 2.03. The highest BCUT2D eigenvalue weighted by Gasteiger charge is 1.86. The molecule has 0 saturated carbocycles. The third-order valence-electron chi connectivity index (χ3n) is 1.05. The smallest absolute Gasteiger partial charge is 0.0531 e. The highest BCUT2D eigenvalue weighted by atomic mass is 16.4. The highest BCUT2D eigenvalue weighted by Crippen LogP contribution is 1.91. The summed E-state index contributed by atoms with van der Waals surface area (Å²) in [5.41, 5.74) is 0.979. The lowest BCUT2D eigenvalue weighted by Gasteiger charge is -1.89. The van der Waals surface area contributed by atoms with E-state index in [9.17, 15) is 0 Å². The lowest BCUT2D eigenvalue weighted by Crippen LogP contribution is -1.87. The summed E-state index contributed by atoms with van der Waals surface area (Å²) in [6.45, 7) is 0. The first-order valence-electron chi connectivity index (χ1n) is 2.85. The molecule has 0 aromatic carbocycles. The zero-order valence-electron chi connectivity index (χ0n) is 5.31. The van der Waals surface area contributed by atoms with Gasteiger partial charge in [-0.25, -0.2) is 0 Å². The zero-order valence-corrected chi connectivity index (χ0v) is 5.31. The Labute approximate surface area is 58.2 Å². The van der Waals surface area contributed by atoms with E-state index in [2.05, 4.69) is 15.4 Å². The van der Waals surface area contributed by atoms with Crippen LogP contribution in [-0.2, 0) is 6.42 Å². The van der Waals surface area contributed by atoms with Crippen LogP contribution in [0.25, 0.3) is 0 Å². The molecule has 0 amide bonds. The SMILES string of the molecule is ON=CCc1ccnnc1. The van der Waals surface area contributed by atoms with E-state index in [1.54, 1.807) is 12.4 Å². The van der Waals surface area contributed by atoms with Crippen LogP contribution in [0, 0.1) is 0 Å². The van der Waals surface area contributed by atoms with Crippen LogP contribution in [0.1, 0.15) is 5.56 Å². The van der Waals surface area contributed by atoms with E-state index in [0.717, 1.165) is 5.56 Å². The van der Waals surface area contributed by atoms with Gasteiger partial charge in [0.15, 0.2) is 0 Å². The maximum atomic E-state index is 8.06. The second-order valence-corrected chi connectivity index (χ2v) is 1.75. The number of oxime groups is 1. The topological polar surface area (TPSA) is 58.4 Å². The molecular formula is C6H7N3O. The maximum absolute atomic E-state index is 8.06. The fraction of sp³-hybridized carbons (Fsp3) is 0.167. The molecule has 1 aromatic rings. The van der Waals surface area contributed by atoms with Gasteiger partial charge in [0.05, 0.1) is 6.20 Å². The van der Waals surface area contributed by atoms with Crippen molar-refractivity contribution in [2.45, 2.75) is 6.42 Å². The van der Waals surface area contributed by atoms with Crippen LogP contribution in [0.3, 0.4) is 0 Å². The normalized spacial score (nSPS) is 10.4. The minimum absolute atomic E-state index is 0.589. The minimum atomic E-state index is 0.589. The standard InChI is InChI=1S/C6H7N3O/c10-9-4-2-6-1-3-7-8-5-6/h1,3-5,10H,2H2. The van der Waals surface area contributed by atoms with E-state index in [-0.39, 0.29) is 0 Å². The van der Waals surface area contributed by atoms with Crippen molar-refractivity contribution in [3.63, 3.8) is 0 Å². The molecule has 1 rings (SSSR count). The maximum Gasteiger partial charge on any atom is 0.0531 e. The molecule has 0 radical (unpaired) electrons. The molecule has 0 fully saturated rings. The molecule has 4 heteroatoms. The second-order valence-electron chi connectivity index (χ2n) is 1.75. The summed E-state index contributed by atoms with van der Waals surface area (Å²) >= 11 is 0. The Morgan fingerprint density at radius 3 is 3.10 bits per heavy atom. The Bertz CT molecular complexity index is 209. The van der Waals surface area contributed by atoms with Gasteiger partial charge in [0.2, 0.25) is 0 Å². The van der Waals surface area contributed by atoms with E-state index >= 15 is 0 Å². The van der Waals surface area contributed by atoms with Gasteiger partial charge < -0.3 is 5.21 Å². The van der Waals surface area contributed by atoms with Gasteiger partial charge in [-0.1, -0.05) is 0 Å². The van der Waals surface area contributed by atoms with Crippen LogP contribution in [0.2, 0.25) is 0 Å². The van der Waals surface area contributed by atoms with Gasteiger partial charge in [-0.3, -0.25) is 0 Å². The number of hydrogen-bond donors (Lipinski definition) is 1. The minimum Gasteiger partial charge on any atom is -0.411 e. The Morgan fingerprint density at radius 1 is 1.60 bits per heavy atom. The van der Waals surface area contributed by atoms with Gasteiger partial charge in [0, 0.05) is 18.8 Å². The van der Waals surface area contributed by atoms with Crippen molar-refractivity contribution < 1.29 is 5.21 Å². The van der Waals surface area contributed by atoms with Crippen molar-refractivity contribution in [1.29, 1.82) is 0 Å². The highest BCUT2D eigenvalue weighted by molar-refractivity contribution is 5.60. The van der Waals surface area contributed by atoms with Gasteiger partial charge in [0.1, 0.15) is 0 Å². The molecule has 52 valence electrons. The van der Waals surface area contributed by atoms with Crippen LogP contribution in [0.5, 0.6) is 0 Å². The second kappa shape index (κ2) is 3.55. The van der Waals surface area contributed by atoms with Crippen molar-refractivity contribution in [3.05, 3.63) is 24.0 Å². The zero-order chi connectivity index (χ0) is 7.23. The van der Waals surface area contributed by atoms with Crippen molar-refractivity contribution in [3.8, 4) is 0 Å². The van der Waals surface area contributed by atoms with Crippen molar-refractivity contribution in [2.24, 2.45) is 5.16 Å². The molecule has 0 aliphatic heterocycles. The van der Waals surface area contributed by atoms with Gasteiger partial charge in [-0.15, -0.1) is 5.16 Å². The first-order chi connectivity index (χ1) is 4.93. The summed E-state index contributed by atoms with van der Waals surface area (Å²) in [6, 6.07) is 1.81.